The number of aromatic nitrogens is 1. The van der Waals surface area contributed by atoms with Gasteiger partial charge in [0.05, 0.1) is 18.6 Å². The molecule has 0 aliphatic carbocycles. The number of anilines is 2. The largest absolute Gasteiger partial charge is 0.446 e. The predicted octanol–water partition coefficient (Wildman–Crippen LogP) is 4.84. The van der Waals surface area contributed by atoms with Crippen molar-refractivity contribution in [3.63, 3.8) is 0 Å². The minimum atomic E-state index is -4.31. The molecule has 0 amide bonds. The Hall–Kier alpha value is -2.28. The number of sulfonamides is 1. The van der Waals surface area contributed by atoms with Gasteiger partial charge in [0.25, 0.3) is 10.0 Å². The lowest BCUT2D eigenvalue weighted by Gasteiger charge is -2.21. The van der Waals surface area contributed by atoms with Crippen LogP contribution in [-0.2, 0) is 16.6 Å². The maximum atomic E-state index is 12.6. The number of pyridine rings is 1. The summed E-state index contributed by atoms with van der Waals surface area (Å²) in [7, 11) is -3.68. The maximum absolute atomic E-state index is 12.6. The molecule has 1 fully saturated rings. The highest BCUT2D eigenvalue weighted by atomic mass is 32.2. The second-order valence-electron chi connectivity index (χ2n) is 7.07. The highest BCUT2D eigenvalue weighted by Crippen LogP contribution is 2.37. The molecule has 170 valence electrons. The molecular formula is C20H19F3N4O2S3. The van der Waals surface area contributed by atoms with Crippen LogP contribution in [0.5, 0.6) is 0 Å². The van der Waals surface area contributed by atoms with Crippen molar-refractivity contribution in [3.8, 4) is 0 Å². The quantitative estimate of drug-likeness (QED) is 0.469. The number of halogens is 3. The molecule has 1 aliphatic heterocycles. The minimum absolute atomic E-state index is 0.131. The molecule has 1 saturated heterocycles. The molecule has 1 aliphatic rings. The van der Waals surface area contributed by atoms with Gasteiger partial charge in [0.1, 0.15) is 4.21 Å². The van der Waals surface area contributed by atoms with Crippen LogP contribution in [0.3, 0.4) is 0 Å². The molecule has 12 heteroatoms. The van der Waals surface area contributed by atoms with Crippen LogP contribution in [0.1, 0.15) is 5.56 Å². The second-order valence-corrected chi connectivity index (χ2v) is 11.1. The SMILES string of the molecule is O=S(=O)(Nc1cnccc1CN1CCN(c2ccc(SC(F)(F)F)cc2)C1)c1cccs1. The third kappa shape index (κ3) is 5.74. The molecule has 0 atom stereocenters. The summed E-state index contributed by atoms with van der Waals surface area (Å²) in [4.78, 5) is 8.40. The number of nitrogens with one attached hydrogen (secondary N) is 1. The first-order chi connectivity index (χ1) is 15.2. The first kappa shape index (κ1) is 22.9. The van der Waals surface area contributed by atoms with Gasteiger partial charge in [0, 0.05) is 36.4 Å². The van der Waals surface area contributed by atoms with Gasteiger partial charge in [0.15, 0.2) is 0 Å². The van der Waals surface area contributed by atoms with Crippen molar-refractivity contribution in [3.05, 3.63) is 65.8 Å². The molecule has 3 heterocycles. The lowest BCUT2D eigenvalue weighted by Crippen LogP contribution is -2.25. The Balaban J connectivity index is 1.41. The molecule has 0 radical (unpaired) electrons. The molecule has 3 aromatic rings. The van der Waals surface area contributed by atoms with Crippen LogP contribution in [0, 0.1) is 0 Å². The van der Waals surface area contributed by atoms with Crippen molar-refractivity contribution in [1.29, 1.82) is 0 Å². The third-order valence-corrected chi connectivity index (χ3v) is 8.30. The Bertz CT molecular complexity index is 1150. The summed E-state index contributed by atoms with van der Waals surface area (Å²) >= 11 is 1.01. The Morgan fingerprint density at radius 2 is 1.91 bits per heavy atom. The normalized spacial score (nSPS) is 15.3. The summed E-state index contributed by atoms with van der Waals surface area (Å²) in [6, 6.07) is 11.3. The first-order valence-electron chi connectivity index (χ1n) is 9.52. The van der Waals surface area contributed by atoms with E-state index in [-0.39, 0.29) is 20.9 Å². The van der Waals surface area contributed by atoms with Crippen LogP contribution in [0.15, 0.2) is 69.3 Å². The standard InChI is InChI=1S/C20H19F3N4O2S3/c21-20(22,23)31-17-5-3-16(4-6-17)27-10-9-26(14-27)13-15-7-8-24-12-18(15)25-32(28,29)19-2-1-11-30-19/h1-8,11-12,25H,9-10,13-14H2. The van der Waals surface area contributed by atoms with Crippen molar-refractivity contribution in [2.75, 3.05) is 29.4 Å². The van der Waals surface area contributed by atoms with Crippen molar-refractivity contribution in [1.82, 2.24) is 9.88 Å². The Morgan fingerprint density at radius 1 is 1.12 bits per heavy atom. The predicted molar refractivity (Wildman–Crippen MR) is 120 cm³/mol. The van der Waals surface area contributed by atoms with E-state index in [1.54, 1.807) is 41.9 Å². The molecule has 0 saturated carbocycles. The van der Waals surface area contributed by atoms with Gasteiger partial charge in [0.2, 0.25) is 0 Å². The fourth-order valence-corrected chi connectivity index (χ4v) is 5.97. The van der Waals surface area contributed by atoms with Crippen LogP contribution < -0.4 is 9.62 Å². The van der Waals surface area contributed by atoms with Crippen LogP contribution in [0.2, 0.25) is 0 Å². The van der Waals surface area contributed by atoms with E-state index in [4.69, 9.17) is 0 Å². The van der Waals surface area contributed by atoms with Gasteiger partial charge < -0.3 is 4.90 Å². The number of hydrogen-bond donors (Lipinski definition) is 1. The molecule has 1 N–H and O–H groups in total. The Kier molecular flexibility index (Phi) is 6.65. The van der Waals surface area contributed by atoms with Gasteiger partial charge in [-0.3, -0.25) is 14.6 Å². The number of benzene rings is 1. The topological polar surface area (TPSA) is 65.5 Å². The molecule has 0 unspecified atom stereocenters. The van der Waals surface area contributed by atoms with E-state index >= 15 is 0 Å². The van der Waals surface area contributed by atoms with E-state index in [2.05, 4.69) is 19.5 Å². The lowest BCUT2D eigenvalue weighted by atomic mass is 10.2. The number of thiophene rings is 1. The van der Waals surface area contributed by atoms with E-state index < -0.39 is 15.5 Å². The van der Waals surface area contributed by atoms with Crippen LogP contribution in [-0.4, -0.2) is 43.6 Å². The Morgan fingerprint density at radius 3 is 2.59 bits per heavy atom. The van der Waals surface area contributed by atoms with E-state index in [0.717, 1.165) is 29.1 Å². The molecule has 0 spiro atoms. The van der Waals surface area contributed by atoms with Crippen molar-refractivity contribution < 1.29 is 21.6 Å². The van der Waals surface area contributed by atoms with Crippen molar-refractivity contribution in [2.45, 2.75) is 21.2 Å². The van der Waals surface area contributed by atoms with Gasteiger partial charge in [-0.25, -0.2) is 8.42 Å². The fraction of sp³-hybridized carbons (Fsp3) is 0.250. The number of hydrogen-bond acceptors (Lipinski definition) is 7. The van der Waals surface area contributed by atoms with Crippen LogP contribution in [0.4, 0.5) is 24.5 Å². The number of rotatable bonds is 7. The third-order valence-electron chi connectivity index (χ3n) is 4.80. The van der Waals surface area contributed by atoms with E-state index in [0.29, 0.717) is 25.4 Å². The zero-order valence-electron chi connectivity index (χ0n) is 16.6. The molecule has 1 aromatic carbocycles. The molecule has 2 aromatic heterocycles. The number of thioether (sulfide) groups is 1. The van der Waals surface area contributed by atoms with E-state index in [9.17, 15) is 21.6 Å². The number of alkyl halides is 3. The molecule has 32 heavy (non-hydrogen) atoms. The summed E-state index contributed by atoms with van der Waals surface area (Å²) in [6.07, 6.45) is 3.11. The first-order valence-corrected chi connectivity index (χ1v) is 12.7. The minimum Gasteiger partial charge on any atom is -0.357 e. The van der Waals surface area contributed by atoms with Crippen LogP contribution >= 0.6 is 23.1 Å². The molecule has 6 nitrogen and oxygen atoms in total. The average Bonchev–Trinajstić information content (AvgIpc) is 3.41. The molecular weight excluding hydrogens is 481 g/mol. The highest BCUT2D eigenvalue weighted by molar-refractivity contribution is 8.00. The second kappa shape index (κ2) is 9.30. The van der Waals surface area contributed by atoms with Crippen molar-refractivity contribution in [2.24, 2.45) is 0 Å². The maximum Gasteiger partial charge on any atom is 0.446 e. The smallest absolute Gasteiger partial charge is 0.357 e. The zero-order chi connectivity index (χ0) is 22.8. The fourth-order valence-electron chi connectivity index (χ4n) is 3.35. The summed E-state index contributed by atoms with van der Waals surface area (Å²) < 4.78 is 65.6. The summed E-state index contributed by atoms with van der Waals surface area (Å²) in [5.41, 5.74) is -2.25. The average molecular weight is 501 g/mol. The zero-order valence-corrected chi connectivity index (χ0v) is 19.1. The van der Waals surface area contributed by atoms with Gasteiger partial charge in [-0.15, -0.1) is 11.3 Å². The highest BCUT2D eigenvalue weighted by Gasteiger charge is 2.29. The summed E-state index contributed by atoms with van der Waals surface area (Å²) in [6.45, 7) is 2.53. The number of nitrogens with zero attached hydrogens (tertiary/aromatic N) is 3. The summed E-state index contributed by atoms with van der Waals surface area (Å²) in [5, 5.41) is 1.70. The Labute approximate surface area is 192 Å². The van der Waals surface area contributed by atoms with Crippen molar-refractivity contribution >= 4 is 44.5 Å². The van der Waals surface area contributed by atoms with Gasteiger partial charge in [-0.2, -0.15) is 13.2 Å². The van der Waals surface area contributed by atoms with Crippen LogP contribution in [0.25, 0.3) is 0 Å². The van der Waals surface area contributed by atoms with Gasteiger partial charge in [-0.05, 0) is 59.1 Å². The van der Waals surface area contributed by atoms with Gasteiger partial charge >= 0.3 is 5.51 Å². The molecule has 0 bridgehead atoms. The van der Waals surface area contributed by atoms with E-state index in [1.807, 2.05) is 0 Å². The monoisotopic (exact) mass is 500 g/mol. The summed E-state index contributed by atoms with van der Waals surface area (Å²) in [5.74, 6) is 0. The lowest BCUT2D eigenvalue weighted by molar-refractivity contribution is -0.0328. The van der Waals surface area contributed by atoms with E-state index in [1.165, 1.54) is 18.3 Å². The van der Waals surface area contributed by atoms with Gasteiger partial charge in [-0.1, -0.05) is 6.07 Å². The molecule has 4 rings (SSSR count).